The lowest BCUT2D eigenvalue weighted by Gasteiger charge is -2.12. The van der Waals surface area contributed by atoms with Crippen LogP contribution in [-0.2, 0) is 4.94 Å². The van der Waals surface area contributed by atoms with Gasteiger partial charge in [-0.05, 0) is 37.6 Å². The zero-order valence-corrected chi connectivity index (χ0v) is 17.5. The largest absolute Gasteiger partial charge is 0.303 e. The molecule has 0 atom stereocenters. The summed E-state index contributed by atoms with van der Waals surface area (Å²) in [5.74, 6) is 0.789. The Morgan fingerprint density at radius 3 is 2.74 bits per heavy atom. The summed E-state index contributed by atoms with van der Waals surface area (Å²) in [7, 11) is 0. The quantitative estimate of drug-likeness (QED) is 0.345. The van der Waals surface area contributed by atoms with Crippen LogP contribution < -0.4 is 0 Å². The second-order valence-corrected chi connectivity index (χ2v) is 7.11. The van der Waals surface area contributed by atoms with E-state index >= 15 is 0 Å². The normalized spacial score (nSPS) is 16.8. The zero-order valence-electron chi connectivity index (χ0n) is 14.4. The van der Waals surface area contributed by atoms with Crippen LogP contribution in [0.4, 0.5) is 4.53 Å². The number of hydrogen-bond acceptors (Lipinski definition) is 2. The van der Waals surface area contributed by atoms with Crippen molar-refractivity contribution in [2.24, 2.45) is 0 Å². The number of aromatic nitrogens is 2. The number of benzene rings is 1. The number of allylic oxidation sites excluding steroid dienone is 5. The summed E-state index contributed by atoms with van der Waals surface area (Å²) in [6.45, 7) is 4.90. The van der Waals surface area contributed by atoms with Crippen LogP contribution in [0.15, 0.2) is 71.8 Å². The fourth-order valence-corrected chi connectivity index (χ4v) is 3.21. The summed E-state index contributed by atoms with van der Waals surface area (Å²) in [4.78, 5) is 7.34. The summed E-state index contributed by atoms with van der Waals surface area (Å²) in [5.41, 5.74) is 6.05. The van der Waals surface area contributed by atoms with Crippen LogP contribution in [-0.4, -0.2) is 9.55 Å². The molecule has 3 rings (SSSR count). The van der Waals surface area contributed by atoms with Crippen LogP contribution >= 0.6 is 39.1 Å². The number of halogens is 4. The average molecular weight is 470 g/mol. The Bertz CT molecular complexity index is 957. The van der Waals surface area contributed by atoms with E-state index < -0.39 is 0 Å². The van der Waals surface area contributed by atoms with E-state index in [1.54, 1.807) is 6.07 Å². The summed E-state index contributed by atoms with van der Waals surface area (Å²) in [6, 6.07) is 5.44. The lowest BCUT2D eigenvalue weighted by atomic mass is 10.2. The van der Waals surface area contributed by atoms with Gasteiger partial charge in [-0.25, -0.2) is 4.98 Å². The standard InChI is InChI=1S/C18H13BrCl2N2.C2H3FO/c1-12-11-22-18(16-9-8-14(20)10-17(16)21)23(12)15-6-2-4-13(19)5-3-7-15;1-2-4-3/h4-11H,2H2,1H3;2H,1H2/b13-4+,15-6+;. The molecular weight excluding hydrogens is 454 g/mol. The van der Waals surface area contributed by atoms with Crippen molar-refractivity contribution in [3.8, 4) is 11.4 Å². The minimum Gasteiger partial charge on any atom is -0.303 e. The molecule has 0 spiro atoms. The van der Waals surface area contributed by atoms with Gasteiger partial charge in [-0.15, -0.1) is 5.73 Å². The van der Waals surface area contributed by atoms with Crippen LogP contribution in [0, 0.1) is 6.92 Å². The number of nitrogens with zero attached hydrogens (tertiary/aromatic N) is 2. The minimum atomic E-state index is 0.581. The van der Waals surface area contributed by atoms with Crippen molar-refractivity contribution in [3.05, 3.63) is 87.5 Å². The molecule has 27 heavy (non-hydrogen) atoms. The number of imidazole rings is 1. The van der Waals surface area contributed by atoms with Gasteiger partial charge in [0.1, 0.15) is 12.1 Å². The van der Waals surface area contributed by atoms with E-state index in [0.29, 0.717) is 16.3 Å². The zero-order chi connectivity index (χ0) is 19.8. The van der Waals surface area contributed by atoms with Crippen LogP contribution in [0.3, 0.4) is 0 Å². The molecule has 0 saturated carbocycles. The predicted molar refractivity (Wildman–Crippen MR) is 113 cm³/mol. The molecule has 0 aliphatic heterocycles. The molecule has 2 aromatic rings. The fraction of sp³-hybridized carbons (Fsp3) is 0.100. The minimum absolute atomic E-state index is 0.581. The van der Waals surface area contributed by atoms with Gasteiger partial charge < -0.3 is 4.94 Å². The molecule has 1 aliphatic carbocycles. The summed E-state index contributed by atoms with van der Waals surface area (Å²) >= 11 is 15.8. The van der Waals surface area contributed by atoms with Crippen molar-refractivity contribution in [1.82, 2.24) is 9.55 Å². The van der Waals surface area contributed by atoms with Crippen molar-refractivity contribution in [3.63, 3.8) is 0 Å². The Labute approximate surface area is 175 Å². The van der Waals surface area contributed by atoms with Gasteiger partial charge in [0.25, 0.3) is 0 Å². The monoisotopic (exact) mass is 468 g/mol. The van der Waals surface area contributed by atoms with E-state index in [0.717, 1.165) is 33.7 Å². The fourth-order valence-electron chi connectivity index (χ4n) is 2.40. The third kappa shape index (κ3) is 5.72. The summed E-state index contributed by atoms with van der Waals surface area (Å²) in [6.07, 6.45) is 11.4. The van der Waals surface area contributed by atoms with Crippen LogP contribution in [0.2, 0.25) is 10.0 Å². The Hall–Kier alpha value is -2.04. The van der Waals surface area contributed by atoms with Gasteiger partial charge in [0.05, 0.1) is 10.7 Å². The first-order chi connectivity index (χ1) is 13.0. The SMILES string of the molecule is C=COF.Cc1cnc(-c2ccc(Cl)cc2Cl)n1/C1=C/C/C=C(/Br)C=C=C1. The average Bonchev–Trinajstić information content (AvgIpc) is 2.99. The van der Waals surface area contributed by atoms with Crippen molar-refractivity contribution >= 4 is 44.8 Å². The molecule has 140 valence electrons. The third-order valence-corrected chi connectivity index (χ3v) is 4.62. The van der Waals surface area contributed by atoms with Crippen LogP contribution in [0.1, 0.15) is 12.1 Å². The molecule has 0 radical (unpaired) electrons. The highest BCUT2D eigenvalue weighted by atomic mass is 79.9. The molecule has 0 bridgehead atoms. The Morgan fingerprint density at radius 2 is 2.07 bits per heavy atom. The van der Waals surface area contributed by atoms with E-state index in [1.807, 2.05) is 37.4 Å². The van der Waals surface area contributed by atoms with Crippen molar-refractivity contribution < 1.29 is 9.47 Å². The Kier molecular flexibility index (Phi) is 8.14. The number of rotatable bonds is 3. The first kappa shape index (κ1) is 21.3. The first-order valence-corrected chi connectivity index (χ1v) is 9.39. The van der Waals surface area contributed by atoms with Crippen molar-refractivity contribution in [2.45, 2.75) is 13.3 Å². The maximum Gasteiger partial charge on any atom is 0.146 e. The van der Waals surface area contributed by atoms with E-state index in [2.05, 4.69) is 54.9 Å². The molecule has 1 aliphatic rings. The Morgan fingerprint density at radius 1 is 1.33 bits per heavy atom. The number of hydrogen-bond donors (Lipinski definition) is 0. The third-order valence-electron chi connectivity index (χ3n) is 3.52. The molecule has 1 aromatic heterocycles. The molecule has 0 amide bonds. The maximum atomic E-state index is 10.1. The van der Waals surface area contributed by atoms with E-state index in [4.69, 9.17) is 23.2 Å². The second-order valence-electron chi connectivity index (χ2n) is 5.35. The van der Waals surface area contributed by atoms with Gasteiger partial charge in [-0.3, -0.25) is 4.57 Å². The van der Waals surface area contributed by atoms with Gasteiger partial charge in [0, 0.05) is 37.6 Å². The van der Waals surface area contributed by atoms with Crippen LogP contribution in [0.25, 0.3) is 17.1 Å². The van der Waals surface area contributed by atoms with Gasteiger partial charge in [-0.2, -0.15) is 0 Å². The molecule has 0 fully saturated rings. The van der Waals surface area contributed by atoms with Gasteiger partial charge in [-0.1, -0.05) is 57.9 Å². The lowest BCUT2D eigenvalue weighted by Crippen LogP contribution is -2.01. The molecule has 1 aromatic carbocycles. The highest BCUT2D eigenvalue weighted by Crippen LogP contribution is 2.32. The highest BCUT2D eigenvalue weighted by molar-refractivity contribution is 9.11. The predicted octanol–water partition coefficient (Wildman–Crippen LogP) is 7.43. The van der Waals surface area contributed by atoms with Gasteiger partial charge in [0.15, 0.2) is 0 Å². The molecular formula is C20H16BrCl2FN2O. The molecule has 0 N–H and O–H groups in total. The Balaban J connectivity index is 0.000000596. The van der Waals surface area contributed by atoms with Gasteiger partial charge in [0.2, 0.25) is 0 Å². The molecule has 0 saturated heterocycles. The first-order valence-electron chi connectivity index (χ1n) is 7.84. The molecule has 7 heteroatoms. The van der Waals surface area contributed by atoms with Crippen molar-refractivity contribution in [1.29, 1.82) is 0 Å². The van der Waals surface area contributed by atoms with Gasteiger partial charge >= 0.3 is 0 Å². The topological polar surface area (TPSA) is 27.1 Å². The smallest absolute Gasteiger partial charge is 0.146 e. The second kappa shape index (κ2) is 10.3. The molecule has 3 nitrogen and oxygen atoms in total. The highest BCUT2D eigenvalue weighted by Gasteiger charge is 2.15. The van der Waals surface area contributed by atoms with E-state index in [-0.39, 0.29) is 0 Å². The summed E-state index contributed by atoms with van der Waals surface area (Å²) in [5, 5.41) is 1.19. The van der Waals surface area contributed by atoms with E-state index in [1.165, 1.54) is 0 Å². The van der Waals surface area contributed by atoms with E-state index in [9.17, 15) is 4.53 Å². The molecule has 0 unspecified atom stereocenters. The van der Waals surface area contributed by atoms with Crippen molar-refractivity contribution in [2.75, 3.05) is 0 Å². The number of aryl methyl sites for hydroxylation is 1. The molecule has 1 heterocycles. The summed E-state index contributed by atoms with van der Waals surface area (Å²) < 4.78 is 13.2. The lowest BCUT2D eigenvalue weighted by molar-refractivity contribution is -0.0611. The maximum absolute atomic E-state index is 10.1. The van der Waals surface area contributed by atoms with Crippen LogP contribution in [0.5, 0.6) is 0 Å².